The van der Waals surface area contributed by atoms with Crippen LogP contribution in [0.15, 0.2) is 0 Å². The zero-order valence-corrected chi connectivity index (χ0v) is 10.3. The smallest absolute Gasteiger partial charge is 0.160 e. The van der Waals surface area contributed by atoms with Crippen LogP contribution in [0.5, 0.6) is 0 Å². The molecule has 0 bridgehead atoms. The number of epoxide rings is 1. The predicted octanol–water partition coefficient (Wildman–Crippen LogP) is 2.88. The summed E-state index contributed by atoms with van der Waals surface area (Å²) in [6.45, 7) is 3.82. The van der Waals surface area contributed by atoms with E-state index in [2.05, 4.69) is 6.92 Å². The van der Waals surface area contributed by atoms with Gasteiger partial charge in [-0.05, 0) is 6.42 Å². The molecule has 2 saturated heterocycles. The highest BCUT2D eigenvalue weighted by Gasteiger charge is 2.45. The van der Waals surface area contributed by atoms with Crippen molar-refractivity contribution in [1.29, 1.82) is 0 Å². The van der Waals surface area contributed by atoms with Gasteiger partial charge in [-0.2, -0.15) is 0 Å². The number of unbranched alkanes of at least 4 members (excludes halogenated alkanes) is 5. The van der Waals surface area contributed by atoms with E-state index in [0.717, 1.165) is 19.6 Å². The third kappa shape index (κ3) is 4.04. The topological polar surface area (TPSA) is 31.0 Å². The van der Waals surface area contributed by atoms with Gasteiger partial charge in [-0.3, -0.25) is 0 Å². The number of rotatable bonds is 8. The second kappa shape index (κ2) is 6.58. The lowest BCUT2D eigenvalue weighted by Crippen LogP contribution is -2.27. The van der Waals surface area contributed by atoms with Crippen molar-refractivity contribution in [2.75, 3.05) is 13.2 Å². The van der Waals surface area contributed by atoms with Gasteiger partial charge in [0.25, 0.3) is 0 Å². The van der Waals surface area contributed by atoms with Gasteiger partial charge in [-0.1, -0.05) is 39.0 Å². The first-order valence-corrected chi connectivity index (χ1v) is 6.79. The third-order valence-electron chi connectivity index (χ3n) is 3.36. The molecule has 3 heteroatoms. The minimum Gasteiger partial charge on any atom is -0.367 e. The van der Waals surface area contributed by atoms with E-state index >= 15 is 0 Å². The van der Waals surface area contributed by atoms with Crippen molar-refractivity contribution in [3.63, 3.8) is 0 Å². The van der Waals surface area contributed by atoms with Crippen molar-refractivity contribution in [2.24, 2.45) is 0 Å². The zero-order valence-electron chi connectivity index (χ0n) is 10.3. The minimum absolute atomic E-state index is 0.000563. The lowest BCUT2D eigenvalue weighted by atomic mass is 10.1. The largest absolute Gasteiger partial charge is 0.367 e. The highest BCUT2D eigenvalue weighted by molar-refractivity contribution is 4.88. The first-order valence-electron chi connectivity index (χ1n) is 6.79. The van der Waals surface area contributed by atoms with Crippen LogP contribution in [0.1, 0.15) is 51.9 Å². The van der Waals surface area contributed by atoms with E-state index in [1.54, 1.807) is 0 Å². The molecule has 2 aliphatic heterocycles. The zero-order chi connectivity index (χ0) is 11.2. The van der Waals surface area contributed by atoms with E-state index in [0.29, 0.717) is 12.2 Å². The fourth-order valence-corrected chi connectivity index (χ4v) is 2.21. The summed E-state index contributed by atoms with van der Waals surface area (Å²) in [5.74, 6) is 0. The van der Waals surface area contributed by atoms with Gasteiger partial charge in [0.05, 0.1) is 12.7 Å². The Bertz CT molecular complexity index is 196. The Kier molecular flexibility index (Phi) is 5.07. The summed E-state index contributed by atoms with van der Waals surface area (Å²) >= 11 is 0. The molecule has 0 N–H and O–H groups in total. The quantitative estimate of drug-likeness (QED) is 0.473. The third-order valence-corrected chi connectivity index (χ3v) is 3.36. The molecule has 2 heterocycles. The van der Waals surface area contributed by atoms with E-state index < -0.39 is 0 Å². The summed E-state index contributed by atoms with van der Waals surface area (Å²) in [7, 11) is 0. The molecule has 0 aromatic carbocycles. The fourth-order valence-electron chi connectivity index (χ4n) is 2.21. The summed E-state index contributed by atoms with van der Waals surface area (Å²) in [5, 5.41) is 0. The van der Waals surface area contributed by atoms with Gasteiger partial charge < -0.3 is 14.2 Å². The van der Waals surface area contributed by atoms with Crippen LogP contribution in [0.4, 0.5) is 0 Å². The number of ether oxygens (including phenoxy) is 3. The van der Waals surface area contributed by atoms with Crippen LogP contribution in [-0.2, 0) is 14.2 Å². The van der Waals surface area contributed by atoms with E-state index in [1.807, 2.05) is 0 Å². The summed E-state index contributed by atoms with van der Waals surface area (Å²) in [5.41, 5.74) is 0. The Hall–Kier alpha value is -0.120. The van der Waals surface area contributed by atoms with Crippen LogP contribution >= 0.6 is 0 Å². The highest BCUT2D eigenvalue weighted by atomic mass is 16.7. The molecular formula is C13H24O3. The molecule has 0 spiro atoms. The Morgan fingerprint density at radius 3 is 2.69 bits per heavy atom. The molecule has 16 heavy (non-hydrogen) atoms. The number of hydrogen-bond acceptors (Lipinski definition) is 3. The Labute approximate surface area is 98.4 Å². The summed E-state index contributed by atoms with van der Waals surface area (Å²) in [6, 6.07) is 0. The SMILES string of the molecule is CCCCCCCCOC1CC2OC2CO1. The molecule has 2 rings (SSSR count). The van der Waals surface area contributed by atoms with Gasteiger partial charge in [0, 0.05) is 13.0 Å². The molecule has 0 aromatic rings. The lowest BCUT2D eigenvalue weighted by Gasteiger charge is -2.20. The molecule has 0 aliphatic carbocycles. The molecule has 0 saturated carbocycles. The van der Waals surface area contributed by atoms with Gasteiger partial charge in [0.15, 0.2) is 6.29 Å². The molecule has 94 valence electrons. The molecule has 2 aliphatic rings. The van der Waals surface area contributed by atoms with Crippen molar-refractivity contribution in [2.45, 2.75) is 70.4 Å². The summed E-state index contributed by atoms with van der Waals surface area (Å²) < 4.78 is 16.6. The molecule has 0 amide bonds. The summed E-state index contributed by atoms with van der Waals surface area (Å²) in [4.78, 5) is 0. The van der Waals surface area contributed by atoms with Crippen molar-refractivity contribution >= 4 is 0 Å². The maximum absolute atomic E-state index is 5.68. The van der Waals surface area contributed by atoms with Crippen LogP contribution in [-0.4, -0.2) is 31.7 Å². The standard InChI is InChI=1S/C13H24O3/c1-2-3-4-5-6-7-8-14-13-9-11-12(16-11)10-15-13/h11-13H,2-10H2,1H3. The lowest BCUT2D eigenvalue weighted by molar-refractivity contribution is -0.155. The molecule has 3 unspecified atom stereocenters. The molecular weight excluding hydrogens is 204 g/mol. The van der Waals surface area contributed by atoms with Crippen molar-refractivity contribution in [3.8, 4) is 0 Å². The molecule has 3 nitrogen and oxygen atoms in total. The molecule has 0 aromatic heterocycles. The van der Waals surface area contributed by atoms with Gasteiger partial charge in [0.1, 0.15) is 6.10 Å². The van der Waals surface area contributed by atoms with Crippen molar-refractivity contribution in [3.05, 3.63) is 0 Å². The van der Waals surface area contributed by atoms with Crippen molar-refractivity contribution < 1.29 is 14.2 Å². The number of fused-ring (bicyclic) bond motifs is 1. The van der Waals surface area contributed by atoms with E-state index in [-0.39, 0.29) is 6.29 Å². The first kappa shape index (κ1) is 12.3. The van der Waals surface area contributed by atoms with Crippen molar-refractivity contribution in [1.82, 2.24) is 0 Å². The Morgan fingerprint density at radius 2 is 1.88 bits per heavy atom. The van der Waals surface area contributed by atoms with Gasteiger partial charge >= 0.3 is 0 Å². The number of hydrogen-bond donors (Lipinski definition) is 0. The first-order chi connectivity index (χ1) is 7.90. The van der Waals surface area contributed by atoms with Crippen LogP contribution in [0.25, 0.3) is 0 Å². The maximum atomic E-state index is 5.68. The average Bonchev–Trinajstić information content (AvgIpc) is 3.06. The minimum atomic E-state index is -0.000563. The summed E-state index contributed by atoms with van der Waals surface area (Å²) in [6.07, 6.45) is 9.59. The second-order valence-electron chi connectivity index (χ2n) is 4.85. The monoisotopic (exact) mass is 228 g/mol. The molecule has 0 radical (unpaired) electrons. The predicted molar refractivity (Wildman–Crippen MR) is 62.3 cm³/mol. The van der Waals surface area contributed by atoms with Gasteiger partial charge in [-0.25, -0.2) is 0 Å². The van der Waals surface area contributed by atoms with Crippen LogP contribution in [0.2, 0.25) is 0 Å². The van der Waals surface area contributed by atoms with Gasteiger partial charge in [-0.15, -0.1) is 0 Å². The van der Waals surface area contributed by atoms with Crippen LogP contribution in [0.3, 0.4) is 0 Å². The van der Waals surface area contributed by atoms with Gasteiger partial charge in [0.2, 0.25) is 0 Å². The van der Waals surface area contributed by atoms with E-state index in [9.17, 15) is 0 Å². The van der Waals surface area contributed by atoms with Crippen LogP contribution < -0.4 is 0 Å². The maximum Gasteiger partial charge on any atom is 0.160 e. The Balaban J connectivity index is 1.39. The van der Waals surface area contributed by atoms with Crippen LogP contribution in [0, 0.1) is 0 Å². The highest BCUT2D eigenvalue weighted by Crippen LogP contribution is 2.32. The fraction of sp³-hybridized carbons (Fsp3) is 1.00. The average molecular weight is 228 g/mol. The Morgan fingerprint density at radius 1 is 1.06 bits per heavy atom. The van der Waals surface area contributed by atoms with E-state index in [1.165, 1.54) is 38.5 Å². The normalized spacial score (nSPS) is 32.4. The molecule has 2 fully saturated rings. The van der Waals surface area contributed by atoms with E-state index in [4.69, 9.17) is 14.2 Å². The molecule has 3 atom stereocenters. The second-order valence-corrected chi connectivity index (χ2v) is 4.85.